The van der Waals surface area contributed by atoms with Crippen molar-refractivity contribution in [2.24, 2.45) is 5.73 Å². The minimum Gasteiger partial charge on any atom is -0.324 e. The average Bonchev–Trinajstić information content (AvgIpc) is 2.03. The minimum absolute atomic E-state index is 0. The summed E-state index contributed by atoms with van der Waals surface area (Å²) < 4.78 is 24.6. The van der Waals surface area contributed by atoms with Crippen LogP contribution in [0.15, 0.2) is 0 Å². The highest BCUT2D eigenvalue weighted by Gasteiger charge is 2.33. The molecule has 0 heterocycles. The molecule has 92 valence electrons. The molecule has 1 saturated carbocycles. The number of nitrogens with two attached hydrogens (primary N) is 1. The lowest BCUT2D eigenvalue weighted by atomic mass is 9.84. The maximum absolute atomic E-state index is 11.6. The summed E-state index contributed by atoms with van der Waals surface area (Å²) >= 11 is 0. The van der Waals surface area contributed by atoms with Crippen molar-refractivity contribution in [3.8, 4) is 0 Å². The Bertz CT molecular complexity index is 284. The Labute approximate surface area is 98.7 Å². The Kier molecular flexibility index (Phi) is 5.54. The molecule has 1 aliphatic carbocycles. The number of sulfonamides is 1. The van der Waals surface area contributed by atoms with Crippen LogP contribution in [0.4, 0.5) is 0 Å². The second-order valence-electron chi connectivity index (χ2n) is 4.46. The second-order valence-corrected chi connectivity index (χ2v) is 6.64. The fourth-order valence-electron chi connectivity index (χ4n) is 1.89. The highest BCUT2D eigenvalue weighted by molar-refractivity contribution is 7.89. The van der Waals surface area contributed by atoms with Gasteiger partial charge in [-0.25, -0.2) is 12.7 Å². The van der Waals surface area contributed by atoms with Crippen molar-refractivity contribution in [3.05, 3.63) is 0 Å². The van der Waals surface area contributed by atoms with Gasteiger partial charge in [-0.3, -0.25) is 0 Å². The summed E-state index contributed by atoms with van der Waals surface area (Å²) in [5.74, 6) is 0.0903. The van der Waals surface area contributed by atoms with Gasteiger partial charge in [-0.05, 0) is 12.8 Å². The first kappa shape index (κ1) is 15.2. The van der Waals surface area contributed by atoms with Crippen molar-refractivity contribution in [3.63, 3.8) is 0 Å². The molecule has 0 aromatic rings. The molecular weight excluding hydrogens is 236 g/mol. The van der Waals surface area contributed by atoms with Crippen LogP contribution < -0.4 is 5.73 Å². The van der Waals surface area contributed by atoms with Crippen molar-refractivity contribution in [2.45, 2.75) is 37.6 Å². The Hall–Kier alpha value is 0.160. The van der Waals surface area contributed by atoms with E-state index >= 15 is 0 Å². The molecule has 0 unspecified atom stereocenters. The van der Waals surface area contributed by atoms with Crippen molar-refractivity contribution < 1.29 is 8.42 Å². The fourth-order valence-corrected chi connectivity index (χ4v) is 3.17. The maximum Gasteiger partial charge on any atom is 0.215 e. The topological polar surface area (TPSA) is 63.4 Å². The zero-order valence-electron chi connectivity index (χ0n) is 9.40. The standard InChI is InChI=1S/C9H20N2O2S.ClH/c1-11(2)14(12,13)8-9(10)6-4-3-5-7-9;/h3-8,10H2,1-2H3;1H. The summed E-state index contributed by atoms with van der Waals surface area (Å²) in [5.41, 5.74) is 5.59. The van der Waals surface area contributed by atoms with Crippen LogP contribution in [0.25, 0.3) is 0 Å². The van der Waals surface area contributed by atoms with Gasteiger partial charge in [0.05, 0.1) is 5.75 Å². The molecule has 0 saturated heterocycles. The summed E-state index contributed by atoms with van der Waals surface area (Å²) in [6.45, 7) is 0. The molecule has 15 heavy (non-hydrogen) atoms. The summed E-state index contributed by atoms with van der Waals surface area (Å²) in [7, 11) is -0.0338. The Morgan fingerprint density at radius 1 is 1.20 bits per heavy atom. The number of halogens is 1. The third-order valence-electron chi connectivity index (χ3n) is 2.88. The predicted molar refractivity (Wildman–Crippen MR) is 64.7 cm³/mol. The van der Waals surface area contributed by atoms with E-state index in [1.54, 1.807) is 14.1 Å². The Balaban J connectivity index is 0.00000196. The van der Waals surface area contributed by atoms with Gasteiger partial charge in [-0.15, -0.1) is 12.4 Å². The van der Waals surface area contributed by atoms with E-state index in [-0.39, 0.29) is 18.2 Å². The SMILES string of the molecule is CN(C)S(=O)(=O)CC1(N)CCCCC1.Cl. The molecule has 0 bridgehead atoms. The lowest BCUT2D eigenvalue weighted by molar-refractivity contribution is 0.320. The smallest absolute Gasteiger partial charge is 0.215 e. The largest absolute Gasteiger partial charge is 0.324 e. The molecule has 0 spiro atoms. The number of hydrogen-bond donors (Lipinski definition) is 1. The first-order chi connectivity index (χ1) is 6.36. The molecule has 1 rings (SSSR count). The maximum atomic E-state index is 11.6. The van der Waals surface area contributed by atoms with E-state index < -0.39 is 15.6 Å². The zero-order chi connectivity index (χ0) is 10.8. The van der Waals surface area contributed by atoms with E-state index in [0.717, 1.165) is 25.7 Å². The lowest BCUT2D eigenvalue weighted by Crippen LogP contribution is -2.49. The van der Waals surface area contributed by atoms with Gasteiger partial charge in [0, 0.05) is 19.6 Å². The van der Waals surface area contributed by atoms with Crippen molar-refractivity contribution in [2.75, 3.05) is 19.8 Å². The van der Waals surface area contributed by atoms with E-state index in [1.807, 2.05) is 0 Å². The molecule has 1 fully saturated rings. The van der Waals surface area contributed by atoms with Gasteiger partial charge in [0.15, 0.2) is 0 Å². The van der Waals surface area contributed by atoms with Crippen molar-refractivity contribution >= 4 is 22.4 Å². The van der Waals surface area contributed by atoms with Crippen LogP contribution in [0.5, 0.6) is 0 Å². The molecule has 0 radical (unpaired) electrons. The normalized spacial score (nSPS) is 21.1. The zero-order valence-corrected chi connectivity index (χ0v) is 11.0. The molecule has 0 aromatic heterocycles. The quantitative estimate of drug-likeness (QED) is 0.818. The molecule has 0 atom stereocenters. The van der Waals surface area contributed by atoms with Crippen LogP contribution in [0, 0.1) is 0 Å². The monoisotopic (exact) mass is 256 g/mol. The van der Waals surface area contributed by atoms with Gasteiger partial charge in [-0.1, -0.05) is 19.3 Å². The van der Waals surface area contributed by atoms with Crippen LogP contribution >= 0.6 is 12.4 Å². The van der Waals surface area contributed by atoms with Gasteiger partial charge < -0.3 is 5.73 Å². The van der Waals surface area contributed by atoms with Crippen LogP contribution in [0.1, 0.15) is 32.1 Å². The summed E-state index contributed by atoms with van der Waals surface area (Å²) in [6.07, 6.45) is 4.96. The molecule has 0 aromatic carbocycles. The number of hydrogen-bond acceptors (Lipinski definition) is 3. The third kappa shape index (κ3) is 4.26. The number of nitrogens with zero attached hydrogens (tertiary/aromatic N) is 1. The Morgan fingerprint density at radius 3 is 2.07 bits per heavy atom. The van der Waals surface area contributed by atoms with Gasteiger partial charge >= 0.3 is 0 Å². The van der Waals surface area contributed by atoms with Gasteiger partial charge in [0.2, 0.25) is 10.0 Å². The molecule has 2 N–H and O–H groups in total. The highest BCUT2D eigenvalue weighted by Crippen LogP contribution is 2.27. The van der Waals surface area contributed by atoms with E-state index in [0.29, 0.717) is 0 Å². The first-order valence-corrected chi connectivity index (χ1v) is 6.66. The second kappa shape index (κ2) is 5.48. The van der Waals surface area contributed by atoms with Crippen molar-refractivity contribution in [1.82, 2.24) is 4.31 Å². The summed E-state index contributed by atoms with van der Waals surface area (Å²) in [6, 6.07) is 0. The molecular formula is C9H21ClN2O2S. The van der Waals surface area contributed by atoms with E-state index in [2.05, 4.69) is 0 Å². The summed E-state index contributed by atoms with van der Waals surface area (Å²) in [4.78, 5) is 0. The lowest BCUT2D eigenvalue weighted by Gasteiger charge is -2.33. The fraction of sp³-hybridized carbons (Fsp3) is 1.00. The van der Waals surface area contributed by atoms with Crippen LogP contribution in [-0.4, -0.2) is 38.1 Å². The van der Waals surface area contributed by atoms with Crippen LogP contribution in [0.2, 0.25) is 0 Å². The van der Waals surface area contributed by atoms with Crippen LogP contribution in [0.3, 0.4) is 0 Å². The minimum atomic E-state index is -3.15. The van der Waals surface area contributed by atoms with Gasteiger partial charge in [0.1, 0.15) is 0 Å². The Morgan fingerprint density at radius 2 is 1.67 bits per heavy atom. The van der Waals surface area contributed by atoms with E-state index in [1.165, 1.54) is 10.7 Å². The summed E-state index contributed by atoms with van der Waals surface area (Å²) in [5, 5.41) is 0. The first-order valence-electron chi connectivity index (χ1n) is 5.05. The molecule has 4 nitrogen and oxygen atoms in total. The van der Waals surface area contributed by atoms with Gasteiger partial charge in [-0.2, -0.15) is 0 Å². The molecule has 0 aliphatic heterocycles. The number of rotatable bonds is 3. The highest BCUT2D eigenvalue weighted by atomic mass is 35.5. The van der Waals surface area contributed by atoms with Gasteiger partial charge in [0.25, 0.3) is 0 Å². The third-order valence-corrected chi connectivity index (χ3v) is 4.93. The molecule has 6 heteroatoms. The molecule has 0 amide bonds. The van der Waals surface area contributed by atoms with Crippen LogP contribution in [-0.2, 0) is 10.0 Å². The average molecular weight is 257 g/mol. The van der Waals surface area contributed by atoms with Crippen molar-refractivity contribution in [1.29, 1.82) is 0 Å². The van der Waals surface area contributed by atoms with E-state index in [9.17, 15) is 8.42 Å². The molecule has 1 aliphatic rings. The van der Waals surface area contributed by atoms with E-state index in [4.69, 9.17) is 5.73 Å². The predicted octanol–water partition coefficient (Wildman–Crippen LogP) is 0.961.